The molecule has 0 radical (unpaired) electrons. The Kier molecular flexibility index (Phi) is 7.91. The van der Waals surface area contributed by atoms with Gasteiger partial charge in [0.1, 0.15) is 0 Å². The highest BCUT2D eigenvalue weighted by Gasteiger charge is 2.04. The summed E-state index contributed by atoms with van der Waals surface area (Å²) in [6.45, 7) is 12.1. The number of hydrogen-bond acceptors (Lipinski definition) is 3. The van der Waals surface area contributed by atoms with Crippen molar-refractivity contribution in [2.45, 2.75) is 13.8 Å². The van der Waals surface area contributed by atoms with Crippen LogP contribution >= 0.6 is 0 Å². The molecule has 0 aliphatic carbocycles. The van der Waals surface area contributed by atoms with Crippen LogP contribution in [0.2, 0.25) is 0 Å². The van der Waals surface area contributed by atoms with Crippen molar-refractivity contribution in [2.75, 3.05) is 11.6 Å². The zero-order valence-corrected chi connectivity index (χ0v) is 14.1. The summed E-state index contributed by atoms with van der Waals surface area (Å²) in [4.78, 5) is 10.8. The summed E-state index contributed by atoms with van der Waals surface area (Å²) in [6, 6.07) is 6.33. The molecule has 0 unspecified atom stereocenters. The lowest BCUT2D eigenvalue weighted by Crippen LogP contribution is -2.06. The van der Waals surface area contributed by atoms with Crippen LogP contribution < -0.4 is 5.01 Å². The van der Waals surface area contributed by atoms with Gasteiger partial charge in [-0.2, -0.15) is 5.11 Å². The Morgan fingerprint density at radius 2 is 1.96 bits per heavy atom. The number of rotatable bonds is 9. The molecule has 0 atom stereocenters. The SMILES string of the molecule is C=C/C(=C\C=C\CN=NN(C=C)c1ccc(C(=O)O)cc1)C(C)C. The molecular formula is C19H23N3O2. The van der Waals surface area contributed by atoms with Crippen LogP contribution in [-0.2, 0) is 0 Å². The first-order valence-corrected chi connectivity index (χ1v) is 7.61. The van der Waals surface area contributed by atoms with Gasteiger partial charge in [-0.15, -0.1) is 0 Å². The summed E-state index contributed by atoms with van der Waals surface area (Å²) < 4.78 is 0. The maximum atomic E-state index is 10.8. The minimum absolute atomic E-state index is 0.220. The number of anilines is 1. The predicted molar refractivity (Wildman–Crippen MR) is 98.1 cm³/mol. The quantitative estimate of drug-likeness (QED) is 0.393. The zero-order chi connectivity index (χ0) is 17.9. The zero-order valence-electron chi connectivity index (χ0n) is 14.1. The van der Waals surface area contributed by atoms with Crippen LogP contribution in [0.15, 0.2) is 83.8 Å². The highest BCUT2D eigenvalue weighted by atomic mass is 16.4. The van der Waals surface area contributed by atoms with Gasteiger partial charge in [0.15, 0.2) is 0 Å². The monoisotopic (exact) mass is 325 g/mol. The van der Waals surface area contributed by atoms with E-state index in [4.69, 9.17) is 5.11 Å². The van der Waals surface area contributed by atoms with Crippen molar-refractivity contribution in [1.29, 1.82) is 0 Å². The van der Waals surface area contributed by atoms with Crippen molar-refractivity contribution in [1.82, 2.24) is 0 Å². The van der Waals surface area contributed by atoms with Crippen molar-refractivity contribution in [3.63, 3.8) is 0 Å². The fourth-order valence-electron chi connectivity index (χ4n) is 1.84. The minimum atomic E-state index is -0.966. The van der Waals surface area contributed by atoms with E-state index in [0.717, 1.165) is 5.57 Å². The molecule has 0 aromatic heterocycles. The molecule has 0 bridgehead atoms. The average Bonchev–Trinajstić information content (AvgIpc) is 2.57. The van der Waals surface area contributed by atoms with E-state index in [-0.39, 0.29) is 5.56 Å². The van der Waals surface area contributed by atoms with Gasteiger partial charge in [0.05, 0.1) is 17.8 Å². The van der Waals surface area contributed by atoms with Crippen LogP contribution in [-0.4, -0.2) is 17.6 Å². The predicted octanol–water partition coefficient (Wildman–Crippen LogP) is 5.03. The maximum absolute atomic E-state index is 10.8. The van der Waals surface area contributed by atoms with Crippen LogP contribution in [0.25, 0.3) is 0 Å². The molecule has 1 aromatic carbocycles. The van der Waals surface area contributed by atoms with Crippen molar-refractivity contribution < 1.29 is 9.90 Å². The lowest BCUT2D eigenvalue weighted by Gasteiger charge is -2.11. The van der Waals surface area contributed by atoms with Crippen molar-refractivity contribution >= 4 is 11.7 Å². The van der Waals surface area contributed by atoms with E-state index in [9.17, 15) is 4.79 Å². The number of benzene rings is 1. The average molecular weight is 325 g/mol. The number of carbonyl (C=O) groups is 1. The molecule has 1 rings (SSSR count). The van der Waals surface area contributed by atoms with E-state index >= 15 is 0 Å². The van der Waals surface area contributed by atoms with E-state index < -0.39 is 5.97 Å². The second-order valence-corrected chi connectivity index (χ2v) is 5.25. The number of hydrogen-bond donors (Lipinski definition) is 1. The molecule has 0 spiro atoms. The third-order valence-electron chi connectivity index (χ3n) is 3.23. The fraction of sp³-hybridized carbons (Fsp3) is 0.211. The largest absolute Gasteiger partial charge is 0.478 e. The number of carboxylic acid groups (broad SMARTS) is 1. The van der Waals surface area contributed by atoms with Crippen LogP contribution in [0, 0.1) is 5.92 Å². The Morgan fingerprint density at radius 1 is 1.29 bits per heavy atom. The first-order chi connectivity index (χ1) is 11.5. The molecule has 24 heavy (non-hydrogen) atoms. The van der Waals surface area contributed by atoms with Crippen LogP contribution in [0.1, 0.15) is 24.2 Å². The lowest BCUT2D eigenvalue weighted by molar-refractivity contribution is 0.0697. The molecular weight excluding hydrogens is 302 g/mol. The van der Waals surface area contributed by atoms with E-state index in [0.29, 0.717) is 18.2 Å². The summed E-state index contributed by atoms with van der Waals surface area (Å²) in [5, 5.41) is 18.5. The Balaban J connectivity index is 2.65. The molecule has 1 aromatic rings. The van der Waals surface area contributed by atoms with Crippen molar-refractivity contribution in [2.24, 2.45) is 16.3 Å². The first-order valence-electron chi connectivity index (χ1n) is 7.61. The summed E-state index contributed by atoms with van der Waals surface area (Å²) in [5.74, 6) is -0.536. The summed E-state index contributed by atoms with van der Waals surface area (Å²) in [7, 11) is 0. The first kappa shape index (κ1) is 19.1. The van der Waals surface area contributed by atoms with Crippen LogP contribution in [0.3, 0.4) is 0 Å². The Labute approximate surface area is 143 Å². The third-order valence-corrected chi connectivity index (χ3v) is 3.23. The second kappa shape index (κ2) is 9.94. The molecule has 1 N–H and O–H groups in total. The third kappa shape index (κ3) is 6.04. The summed E-state index contributed by atoms with van der Waals surface area (Å²) >= 11 is 0. The smallest absolute Gasteiger partial charge is 0.335 e. The van der Waals surface area contributed by atoms with Crippen molar-refractivity contribution in [3.05, 3.63) is 79.1 Å². The van der Waals surface area contributed by atoms with Crippen molar-refractivity contribution in [3.8, 4) is 0 Å². The molecule has 0 saturated carbocycles. The highest BCUT2D eigenvalue weighted by molar-refractivity contribution is 5.88. The minimum Gasteiger partial charge on any atom is -0.478 e. The molecule has 5 heteroatoms. The van der Waals surface area contributed by atoms with Gasteiger partial charge in [0.2, 0.25) is 0 Å². The summed E-state index contributed by atoms with van der Waals surface area (Å²) in [6.07, 6.45) is 9.18. The molecule has 0 aliphatic heterocycles. The molecule has 5 nitrogen and oxygen atoms in total. The Hall–Kier alpha value is -2.95. The maximum Gasteiger partial charge on any atom is 0.335 e. The van der Waals surface area contributed by atoms with E-state index in [1.165, 1.54) is 23.3 Å². The van der Waals surface area contributed by atoms with Gasteiger partial charge < -0.3 is 5.11 Å². The molecule has 0 saturated heterocycles. The van der Waals surface area contributed by atoms with E-state index in [1.807, 2.05) is 24.3 Å². The number of aromatic carboxylic acids is 1. The molecule has 0 aliphatic rings. The van der Waals surface area contributed by atoms with Gasteiger partial charge >= 0.3 is 5.97 Å². The fourth-order valence-corrected chi connectivity index (χ4v) is 1.84. The second-order valence-electron chi connectivity index (χ2n) is 5.25. The van der Waals surface area contributed by atoms with Crippen LogP contribution in [0.4, 0.5) is 5.69 Å². The normalized spacial score (nSPS) is 12.0. The molecule has 0 amide bonds. The number of nitrogens with zero attached hydrogens (tertiary/aromatic N) is 3. The van der Waals surface area contributed by atoms with E-state index in [2.05, 4.69) is 37.3 Å². The van der Waals surface area contributed by atoms with Gasteiger partial charge in [-0.3, -0.25) is 0 Å². The highest BCUT2D eigenvalue weighted by Crippen LogP contribution is 2.16. The van der Waals surface area contributed by atoms with Gasteiger partial charge in [-0.1, -0.05) is 56.5 Å². The summed E-state index contributed by atoms with van der Waals surface area (Å²) in [5.41, 5.74) is 2.07. The van der Waals surface area contributed by atoms with Gasteiger partial charge in [-0.05, 0) is 35.8 Å². The van der Waals surface area contributed by atoms with Gasteiger partial charge in [0.25, 0.3) is 0 Å². The van der Waals surface area contributed by atoms with E-state index in [1.54, 1.807) is 12.1 Å². The van der Waals surface area contributed by atoms with Crippen LogP contribution in [0.5, 0.6) is 0 Å². The number of carboxylic acids is 1. The Bertz CT molecular complexity index is 656. The molecule has 126 valence electrons. The lowest BCUT2D eigenvalue weighted by atomic mass is 10.0. The van der Waals surface area contributed by atoms with Gasteiger partial charge in [-0.25, -0.2) is 9.80 Å². The number of allylic oxidation sites excluding steroid dienone is 4. The molecule has 0 heterocycles. The topological polar surface area (TPSA) is 65.3 Å². The Morgan fingerprint density at radius 3 is 2.46 bits per heavy atom. The standard InChI is InChI=1S/C19H23N3O2/c1-5-16(15(3)4)9-7-8-14-20-21-22(6-2)18-12-10-17(11-13-18)19(23)24/h5-13,15H,1-2,14H2,3-4H3,(H,23,24)/b8-7+,16-9+,21-20?. The molecule has 0 fully saturated rings. The van der Waals surface area contributed by atoms with Gasteiger partial charge in [0, 0.05) is 6.20 Å².